The van der Waals surface area contributed by atoms with Gasteiger partial charge in [-0.25, -0.2) is 4.98 Å². The van der Waals surface area contributed by atoms with E-state index in [1.165, 1.54) is 0 Å². The van der Waals surface area contributed by atoms with Crippen LogP contribution in [0.5, 0.6) is 11.5 Å². The van der Waals surface area contributed by atoms with Crippen LogP contribution in [-0.2, 0) is 7.05 Å². The number of anilines is 1. The Bertz CT molecular complexity index is 1520. The van der Waals surface area contributed by atoms with E-state index in [1.54, 1.807) is 6.07 Å². The molecule has 0 spiro atoms. The minimum absolute atomic E-state index is 0.272. The van der Waals surface area contributed by atoms with E-state index in [9.17, 15) is 4.79 Å². The number of fused-ring (bicyclic) bond motifs is 2. The summed E-state index contributed by atoms with van der Waals surface area (Å²) in [5.74, 6) is 1.99. The highest BCUT2D eigenvalue weighted by molar-refractivity contribution is 6.03. The Morgan fingerprint density at radius 3 is 2.53 bits per heavy atom. The van der Waals surface area contributed by atoms with Crippen molar-refractivity contribution in [2.75, 3.05) is 18.5 Å². The molecule has 6 rings (SSSR count). The number of carbonyl (C=O) groups is 1. The standard InChI is InChI=1S/C26H21N5O3/c1-31-22-5-3-2-4-19(22)28-25(31)16-6-9-18(10-7-16)27-26(32)21-15-20(29-30-21)17-8-11-23-24(14-17)34-13-12-33-23/h2-11,14-15H,12-13H2,1H3,(H,27,32)(H,29,30). The van der Waals surface area contributed by atoms with E-state index in [1.807, 2.05) is 73.8 Å². The van der Waals surface area contributed by atoms with E-state index in [2.05, 4.69) is 20.1 Å². The zero-order chi connectivity index (χ0) is 23.1. The molecule has 1 amide bonds. The molecule has 8 nitrogen and oxygen atoms in total. The Morgan fingerprint density at radius 1 is 0.941 bits per heavy atom. The monoisotopic (exact) mass is 451 g/mol. The van der Waals surface area contributed by atoms with Gasteiger partial charge in [0.2, 0.25) is 0 Å². The quantitative estimate of drug-likeness (QED) is 0.415. The number of imidazole rings is 1. The number of nitrogens with zero attached hydrogens (tertiary/aromatic N) is 3. The molecular formula is C26H21N5O3. The number of hydrogen-bond donors (Lipinski definition) is 2. The number of hydrogen-bond acceptors (Lipinski definition) is 5. The van der Waals surface area contributed by atoms with Crippen molar-refractivity contribution in [1.82, 2.24) is 19.7 Å². The van der Waals surface area contributed by atoms with Crippen LogP contribution in [0.15, 0.2) is 72.8 Å². The second-order valence-electron chi connectivity index (χ2n) is 8.04. The van der Waals surface area contributed by atoms with Crippen LogP contribution < -0.4 is 14.8 Å². The van der Waals surface area contributed by atoms with Crippen molar-refractivity contribution in [3.8, 4) is 34.1 Å². The number of ether oxygens (including phenoxy) is 2. The second-order valence-corrected chi connectivity index (χ2v) is 8.04. The highest BCUT2D eigenvalue weighted by Crippen LogP contribution is 2.34. The molecule has 0 atom stereocenters. The van der Waals surface area contributed by atoms with Crippen molar-refractivity contribution < 1.29 is 14.3 Å². The highest BCUT2D eigenvalue weighted by Gasteiger charge is 2.16. The Morgan fingerprint density at radius 2 is 1.71 bits per heavy atom. The lowest BCUT2D eigenvalue weighted by molar-refractivity contribution is 0.102. The second kappa shape index (κ2) is 8.08. The molecular weight excluding hydrogens is 430 g/mol. The molecule has 0 fully saturated rings. The van der Waals surface area contributed by atoms with Crippen molar-refractivity contribution in [2.45, 2.75) is 0 Å². The number of para-hydroxylation sites is 2. The van der Waals surface area contributed by atoms with E-state index in [0.29, 0.717) is 41.8 Å². The number of carbonyl (C=O) groups excluding carboxylic acids is 1. The zero-order valence-electron chi connectivity index (χ0n) is 18.4. The third-order valence-electron chi connectivity index (χ3n) is 5.85. The van der Waals surface area contributed by atoms with Crippen LogP contribution in [0.2, 0.25) is 0 Å². The van der Waals surface area contributed by atoms with Crippen LogP contribution >= 0.6 is 0 Å². The van der Waals surface area contributed by atoms with Gasteiger partial charge in [-0.05, 0) is 60.7 Å². The molecule has 1 aliphatic heterocycles. The SMILES string of the molecule is Cn1c(-c2ccc(NC(=O)c3cc(-c4ccc5c(c4)OCCO5)n[nH]3)cc2)nc2ccccc21. The van der Waals surface area contributed by atoms with E-state index in [-0.39, 0.29) is 5.91 Å². The number of amides is 1. The Labute approximate surface area is 195 Å². The predicted octanol–water partition coefficient (Wildman–Crippen LogP) is 4.65. The van der Waals surface area contributed by atoms with Gasteiger partial charge in [0.15, 0.2) is 11.5 Å². The summed E-state index contributed by atoms with van der Waals surface area (Å²) in [5, 5.41) is 10.0. The predicted molar refractivity (Wildman–Crippen MR) is 129 cm³/mol. The van der Waals surface area contributed by atoms with Gasteiger partial charge in [0.25, 0.3) is 5.91 Å². The lowest BCUT2D eigenvalue weighted by atomic mass is 10.1. The van der Waals surface area contributed by atoms with E-state index in [0.717, 1.165) is 28.0 Å². The molecule has 0 unspecified atom stereocenters. The van der Waals surface area contributed by atoms with Gasteiger partial charge in [-0.3, -0.25) is 9.89 Å². The number of aromatic amines is 1. The summed E-state index contributed by atoms with van der Waals surface area (Å²) in [7, 11) is 2.00. The smallest absolute Gasteiger partial charge is 0.273 e. The van der Waals surface area contributed by atoms with Gasteiger partial charge >= 0.3 is 0 Å². The normalized spacial score (nSPS) is 12.6. The first-order valence-corrected chi connectivity index (χ1v) is 10.9. The summed E-state index contributed by atoms with van der Waals surface area (Å²) < 4.78 is 13.3. The van der Waals surface area contributed by atoms with Crippen LogP contribution in [0.3, 0.4) is 0 Å². The van der Waals surface area contributed by atoms with Crippen molar-refractivity contribution in [3.05, 3.63) is 78.5 Å². The largest absolute Gasteiger partial charge is 0.486 e. The van der Waals surface area contributed by atoms with Gasteiger partial charge in [0, 0.05) is 23.9 Å². The topological polar surface area (TPSA) is 94.1 Å². The molecule has 2 aromatic heterocycles. The lowest BCUT2D eigenvalue weighted by Crippen LogP contribution is -2.15. The van der Waals surface area contributed by atoms with Crippen LogP contribution in [0.1, 0.15) is 10.5 Å². The summed E-state index contributed by atoms with van der Waals surface area (Å²) in [5.41, 5.74) is 5.53. The minimum Gasteiger partial charge on any atom is -0.486 e. The molecule has 5 aromatic rings. The van der Waals surface area contributed by atoms with Gasteiger partial charge in [-0.2, -0.15) is 5.10 Å². The molecule has 0 radical (unpaired) electrons. The molecule has 3 heterocycles. The van der Waals surface area contributed by atoms with Crippen molar-refractivity contribution in [2.24, 2.45) is 7.05 Å². The van der Waals surface area contributed by atoms with Crippen molar-refractivity contribution in [3.63, 3.8) is 0 Å². The molecule has 0 aliphatic carbocycles. The summed E-state index contributed by atoms with van der Waals surface area (Å²) >= 11 is 0. The third-order valence-corrected chi connectivity index (χ3v) is 5.85. The van der Waals surface area contributed by atoms with Gasteiger partial charge in [-0.1, -0.05) is 12.1 Å². The number of rotatable bonds is 4. The summed E-state index contributed by atoms with van der Waals surface area (Å²) in [4.78, 5) is 17.5. The first-order valence-electron chi connectivity index (χ1n) is 10.9. The van der Waals surface area contributed by atoms with Gasteiger partial charge in [-0.15, -0.1) is 0 Å². The fraction of sp³-hybridized carbons (Fsp3) is 0.115. The van der Waals surface area contributed by atoms with Crippen LogP contribution in [-0.4, -0.2) is 38.9 Å². The minimum atomic E-state index is -0.272. The number of aromatic nitrogens is 4. The molecule has 0 saturated carbocycles. The number of nitrogens with one attached hydrogen (secondary N) is 2. The fourth-order valence-electron chi connectivity index (χ4n) is 4.09. The number of H-pyrrole nitrogens is 1. The first-order chi connectivity index (χ1) is 16.7. The van der Waals surface area contributed by atoms with Crippen molar-refractivity contribution >= 4 is 22.6 Å². The maximum absolute atomic E-state index is 12.8. The van der Waals surface area contributed by atoms with Crippen LogP contribution in [0.4, 0.5) is 5.69 Å². The Balaban J connectivity index is 1.18. The molecule has 0 bridgehead atoms. The molecule has 168 valence electrons. The maximum atomic E-state index is 12.8. The average Bonchev–Trinajstić information content (AvgIpc) is 3.50. The van der Waals surface area contributed by atoms with E-state index < -0.39 is 0 Å². The van der Waals surface area contributed by atoms with Gasteiger partial charge in [0.05, 0.1) is 16.7 Å². The van der Waals surface area contributed by atoms with Crippen LogP contribution in [0.25, 0.3) is 33.7 Å². The molecule has 3 aromatic carbocycles. The average molecular weight is 451 g/mol. The molecule has 1 aliphatic rings. The molecule has 2 N–H and O–H groups in total. The first kappa shape index (κ1) is 20.0. The summed E-state index contributed by atoms with van der Waals surface area (Å²) in [6, 6.07) is 23.0. The van der Waals surface area contributed by atoms with Gasteiger partial charge in [0.1, 0.15) is 24.7 Å². The molecule has 0 saturated heterocycles. The van der Waals surface area contributed by atoms with Gasteiger partial charge < -0.3 is 19.4 Å². The Kier molecular flexibility index (Phi) is 4.76. The van der Waals surface area contributed by atoms with E-state index >= 15 is 0 Å². The molecule has 8 heteroatoms. The van der Waals surface area contributed by atoms with E-state index in [4.69, 9.17) is 14.5 Å². The lowest BCUT2D eigenvalue weighted by Gasteiger charge is -2.18. The van der Waals surface area contributed by atoms with Crippen LogP contribution in [0, 0.1) is 0 Å². The molecule has 34 heavy (non-hydrogen) atoms. The number of aryl methyl sites for hydroxylation is 1. The third kappa shape index (κ3) is 3.55. The highest BCUT2D eigenvalue weighted by atomic mass is 16.6. The zero-order valence-corrected chi connectivity index (χ0v) is 18.4. The maximum Gasteiger partial charge on any atom is 0.273 e. The summed E-state index contributed by atoms with van der Waals surface area (Å²) in [6.07, 6.45) is 0. The summed E-state index contributed by atoms with van der Waals surface area (Å²) in [6.45, 7) is 1.05. The number of benzene rings is 3. The Hall–Kier alpha value is -4.59. The fourth-order valence-corrected chi connectivity index (χ4v) is 4.09. The van der Waals surface area contributed by atoms with Crippen molar-refractivity contribution in [1.29, 1.82) is 0 Å².